The van der Waals surface area contributed by atoms with E-state index in [-0.39, 0.29) is 6.04 Å². The Morgan fingerprint density at radius 2 is 2.22 bits per heavy atom. The highest BCUT2D eigenvalue weighted by Gasteiger charge is 2.18. The first-order chi connectivity index (χ1) is 8.52. The summed E-state index contributed by atoms with van der Waals surface area (Å²) < 4.78 is 4.80. The van der Waals surface area contributed by atoms with Crippen LogP contribution in [0, 0.1) is 6.92 Å². The van der Waals surface area contributed by atoms with Crippen molar-refractivity contribution in [2.45, 2.75) is 19.4 Å². The van der Waals surface area contributed by atoms with E-state index >= 15 is 0 Å². The van der Waals surface area contributed by atoms with Crippen LogP contribution < -0.4 is 11.3 Å². The molecule has 0 aliphatic heterocycles. The third-order valence-corrected chi connectivity index (χ3v) is 3.97. The van der Waals surface area contributed by atoms with Crippen molar-refractivity contribution >= 4 is 15.9 Å². The van der Waals surface area contributed by atoms with Crippen LogP contribution in [0.25, 0.3) is 0 Å². The average molecular weight is 313 g/mol. The normalized spacial score (nSPS) is 12.9. The van der Waals surface area contributed by atoms with E-state index in [0.717, 1.165) is 28.0 Å². The Hall–Kier alpha value is -1.18. The first-order valence-corrected chi connectivity index (χ1v) is 6.44. The van der Waals surface area contributed by atoms with Crippen molar-refractivity contribution in [2.75, 3.05) is 0 Å². The van der Waals surface area contributed by atoms with Gasteiger partial charge in [0, 0.05) is 26.7 Å². The fourth-order valence-electron chi connectivity index (χ4n) is 1.96. The van der Waals surface area contributed by atoms with Gasteiger partial charge in [-0.1, -0.05) is 0 Å². The number of nitrogens with two attached hydrogens (primary N) is 1. The molecule has 2 aromatic heterocycles. The zero-order chi connectivity index (χ0) is 13.3. The van der Waals surface area contributed by atoms with Crippen molar-refractivity contribution in [1.82, 2.24) is 24.8 Å². The zero-order valence-electron chi connectivity index (χ0n) is 10.7. The van der Waals surface area contributed by atoms with Crippen LogP contribution >= 0.6 is 15.9 Å². The predicted molar refractivity (Wildman–Crippen MR) is 72.6 cm³/mol. The van der Waals surface area contributed by atoms with Gasteiger partial charge in [-0.05, 0) is 22.9 Å². The van der Waals surface area contributed by atoms with Crippen molar-refractivity contribution in [3.05, 3.63) is 34.1 Å². The number of rotatable bonds is 4. The number of imidazole rings is 1. The molecular formula is C11H17BrN6. The fraction of sp³-hybridized carbons (Fsp3) is 0.455. The Labute approximate surface area is 114 Å². The molecule has 0 saturated carbocycles. The van der Waals surface area contributed by atoms with Gasteiger partial charge in [-0.25, -0.2) is 4.98 Å². The summed E-state index contributed by atoms with van der Waals surface area (Å²) in [5.74, 6) is 5.62. The van der Waals surface area contributed by atoms with Gasteiger partial charge in [0.15, 0.2) is 0 Å². The number of hydrogen-bond donors (Lipinski definition) is 2. The maximum atomic E-state index is 5.62. The molecule has 2 rings (SSSR count). The Kier molecular flexibility index (Phi) is 3.84. The van der Waals surface area contributed by atoms with Crippen LogP contribution in [0.3, 0.4) is 0 Å². The lowest BCUT2D eigenvalue weighted by molar-refractivity contribution is 0.519. The molecule has 0 fully saturated rings. The van der Waals surface area contributed by atoms with E-state index in [2.05, 4.69) is 31.4 Å². The van der Waals surface area contributed by atoms with Gasteiger partial charge in [-0.15, -0.1) is 0 Å². The molecular weight excluding hydrogens is 296 g/mol. The van der Waals surface area contributed by atoms with E-state index in [1.54, 1.807) is 6.33 Å². The highest BCUT2D eigenvalue weighted by molar-refractivity contribution is 9.10. The standard InChI is InChI=1S/C11H17BrN6/c1-7-11(12)10(18(3)16-7)4-8(15-13)9-5-17(2)6-14-9/h5-6,8,15H,4,13H2,1-3H3. The van der Waals surface area contributed by atoms with Crippen LogP contribution in [0.1, 0.15) is 23.1 Å². The van der Waals surface area contributed by atoms with Crippen LogP contribution in [0.5, 0.6) is 0 Å². The molecule has 2 heterocycles. The summed E-state index contributed by atoms with van der Waals surface area (Å²) in [5.41, 5.74) is 5.80. The molecule has 1 atom stereocenters. The first kappa shape index (κ1) is 13.3. The third kappa shape index (κ3) is 2.47. The minimum absolute atomic E-state index is 0.0303. The molecule has 0 spiro atoms. The number of nitrogens with zero attached hydrogens (tertiary/aromatic N) is 4. The highest BCUT2D eigenvalue weighted by atomic mass is 79.9. The van der Waals surface area contributed by atoms with Crippen molar-refractivity contribution < 1.29 is 0 Å². The molecule has 1 unspecified atom stereocenters. The molecule has 3 N–H and O–H groups in total. The summed E-state index contributed by atoms with van der Waals surface area (Å²) in [4.78, 5) is 4.32. The molecule has 2 aromatic rings. The van der Waals surface area contributed by atoms with E-state index < -0.39 is 0 Å². The van der Waals surface area contributed by atoms with E-state index in [1.807, 2.05) is 36.5 Å². The Morgan fingerprint density at radius 3 is 2.67 bits per heavy atom. The van der Waals surface area contributed by atoms with Gasteiger partial charge in [0.2, 0.25) is 0 Å². The molecule has 0 radical (unpaired) electrons. The average Bonchev–Trinajstić information content (AvgIpc) is 2.84. The molecule has 18 heavy (non-hydrogen) atoms. The summed E-state index contributed by atoms with van der Waals surface area (Å²) in [6.45, 7) is 1.97. The summed E-state index contributed by atoms with van der Waals surface area (Å²) in [6, 6.07) is -0.0303. The van der Waals surface area contributed by atoms with Crippen molar-refractivity contribution in [1.29, 1.82) is 0 Å². The van der Waals surface area contributed by atoms with Gasteiger partial charge in [-0.3, -0.25) is 16.0 Å². The minimum atomic E-state index is -0.0303. The van der Waals surface area contributed by atoms with Crippen LogP contribution in [-0.2, 0) is 20.5 Å². The van der Waals surface area contributed by atoms with E-state index in [4.69, 9.17) is 5.84 Å². The molecule has 0 saturated heterocycles. The van der Waals surface area contributed by atoms with Crippen LogP contribution in [0.2, 0.25) is 0 Å². The quantitative estimate of drug-likeness (QED) is 0.652. The number of hydrogen-bond acceptors (Lipinski definition) is 4. The lowest BCUT2D eigenvalue weighted by Crippen LogP contribution is -2.30. The number of nitrogens with one attached hydrogen (secondary N) is 1. The minimum Gasteiger partial charge on any atom is -0.340 e. The predicted octanol–water partition coefficient (Wildman–Crippen LogP) is 0.972. The number of aryl methyl sites for hydroxylation is 3. The van der Waals surface area contributed by atoms with E-state index in [0.29, 0.717) is 0 Å². The SMILES string of the molecule is Cc1nn(C)c(CC(NN)c2cn(C)cn2)c1Br. The third-order valence-electron chi connectivity index (χ3n) is 2.94. The Bertz CT molecular complexity index is 544. The van der Waals surface area contributed by atoms with Gasteiger partial charge in [0.25, 0.3) is 0 Å². The number of halogens is 1. The van der Waals surface area contributed by atoms with Crippen LogP contribution in [0.4, 0.5) is 0 Å². The lowest BCUT2D eigenvalue weighted by atomic mass is 10.1. The van der Waals surface area contributed by atoms with Crippen molar-refractivity contribution in [3.63, 3.8) is 0 Å². The summed E-state index contributed by atoms with van der Waals surface area (Å²) in [7, 11) is 3.87. The summed E-state index contributed by atoms with van der Waals surface area (Å²) in [5, 5.41) is 4.37. The lowest BCUT2D eigenvalue weighted by Gasteiger charge is -2.14. The molecule has 98 valence electrons. The molecule has 6 nitrogen and oxygen atoms in total. The molecule has 0 amide bonds. The van der Waals surface area contributed by atoms with Crippen LogP contribution in [-0.4, -0.2) is 19.3 Å². The Balaban J connectivity index is 2.25. The first-order valence-electron chi connectivity index (χ1n) is 5.65. The zero-order valence-corrected chi connectivity index (χ0v) is 12.3. The topological polar surface area (TPSA) is 73.7 Å². The molecule has 0 aliphatic carbocycles. The molecule has 0 bridgehead atoms. The van der Waals surface area contributed by atoms with Crippen molar-refractivity contribution in [3.8, 4) is 0 Å². The van der Waals surface area contributed by atoms with E-state index in [9.17, 15) is 0 Å². The van der Waals surface area contributed by atoms with Gasteiger partial charge < -0.3 is 4.57 Å². The molecule has 0 aliphatic rings. The van der Waals surface area contributed by atoms with Gasteiger partial charge in [0.1, 0.15) is 0 Å². The van der Waals surface area contributed by atoms with Gasteiger partial charge >= 0.3 is 0 Å². The maximum Gasteiger partial charge on any atom is 0.0947 e. The van der Waals surface area contributed by atoms with E-state index in [1.165, 1.54) is 0 Å². The van der Waals surface area contributed by atoms with Crippen LogP contribution in [0.15, 0.2) is 17.0 Å². The summed E-state index contributed by atoms with van der Waals surface area (Å²) in [6.07, 6.45) is 4.45. The largest absolute Gasteiger partial charge is 0.340 e. The molecule has 7 heteroatoms. The van der Waals surface area contributed by atoms with Crippen molar-refractivity contribution in [2.24, 2.45) is 19.9 Å². The monoisotopic (exact) mass is 312 g/mol. The summed E-state index contributed by atoms with van der Waals surface area (Å²) >= 11 is 3.56. The second kappa shape index (κ2) is 5.21. The highest BCUT2D eigenvalue weighted by Crippen LogP contribution is 2.25. The second-order valence-electron chi connectivity index (χ2n) is 4.36. The molecule has 0 aromatic carbocycles. The maximum absolute atomic E-state index is 5.62. The second-order valence-corrected chi connectivity index (χ2v) is 5.15. The van der Waals surface area contributed by atoms with Gasteiger partial charge in [-0.2, -0.15) is 5.10 Å². The smallest absolute Gasteiger partial charge is 0.0947 e. The van der Waals surface area contributed by atoms with Gasteiger partial charge in [0.05, 0.1) is 33.9 Å². The number of aromatic nitrogens is 4. The Morgan fingerprint density at radius 1 is 1.50 bits per heavy atom. The number of hydrazine groups is 1. The fourth-order valence-corrected chi connectivity index (χ4v) is 2.45.